The van der Waals surface area contributed by atoms with Gasteiger partial charge in [0.05, 0.1) is 17.2 Å². The minimum absolute atomic E-state index is 0.319. The molecule has 0 bridgehead atoms. The zero-order valence-corrected chi connectivity index (χ0v) is 13.2. The molecule has 8 heteroatoms. The van der Waals surface area contributed by atoms with Gasteiger partial charge in [0.2, 0.25) is 5.82 Å². The van der Waals surface area contributed by atoms with Gasteiger partial charge in [-0.3, -0.25) is 4.52 Å². The van der Waals surface area contributed by atoms with Crippen LogP contribution in [0.15, 0.2) is 33.2 Å². The van der Waals surface area contributed by atoms with E-state index in [2.05, 4.69) is 15.1 Å². The molecule has 0 aliphatic heterocycles. The van der Waals surface area contributed by atoms with Gasteiger partial charge in [0, 0.05) is 23.7 Å². The van der Waals surface area contributed by atoms with Gasteiger partial charge >= 0.3 is 5.76 Å². The zero-order valence-electron chi connectivity index (χ0n) is 12.4. The Bertz CT molecular complexity index is 848. The van der Waals surface area contributed by atoms with E-state index < -0.39 is 5.76 Å². The van der Waals surface area contributed by atoms with Gasteiger partial charge in [-0.25, -0.2) is 24.3 Å². The first kappa shape index (κ1) is 14.3. The molecule has 3 heterocycles. The van der Waals surface area contributed by atoms with Gasteiger partial charge in [-0.2, -0.15) is 0 Å². The molecule has 0 amide bonds. The molecule has 0 unspecified atom stereocenters. The summed E-state index contributed by atoms with van der Waals surface area (Å²) in [6, 6.07) is 1.71. The second kappa shape index (κ2) is 6.04. The van der Waals surface area contributed by atoms with Crippen LogP contribution in [0, 0.1) is 0 Å². The van der Waals surface area contributed by atoms with Crippen molar-refractivity contribution in [3.8, 4) is 11.6 Å². The minimum atomic E-state index is -0.525. The molecule has 1 saturated carbocycles. The monoisotopic (exact) mass is 329 g/mol. The molecule has 0 spiro atoms. The Morgan fingerprint density at radius 1 is 1.26 bits per heavy atom. The van der Waals surface area contributed by atoms with Crippen LogP contribution >= 0.6 is 11.3 Å². The van der Waals surface area contributed by atoms with Crippen molar-refractivity contribution < 1.29 is 4.52 Å². The van der Waals surface area contributed by atoms with E-state index >= 15 is 0 Å². The van der Waals surface area contributed by atoms with E-state index in [-0.39, 0.29) is 0 Å². The summed E-state index contributed by atoms with van der Waals surface area (Å²) in [5.41, 5.74) is 0.847. The highest BCUT2D eigenvalue weighted by molar-refractivity contribution is 7.09. The van der Waals surface area contributed by atoms with Gasteiger partial charge in [-0.15, -0.1) is 11.3 Å². The van der Waals surface area contributed by atoms with Crippen LogP contribution in [-0.4, -0.2) is 24.7 Å². The van der Waals surface area contributed by atoms with Crippen LogP contribution in [0.2, 0.25) is 0 Å². The smallest absolute Gasteiger partial charge is 0.295 e. The fraction of sp³-hybridized carbons (Fsp3) is 0.400. The molecule has 0 saturated heterocycles. The summed E-state index contributed by atoms with van der Waals surface area (Å²) in [7, 11) is 0. The largest absolute Gasteiger partial charge is 0.442 e. The predicted molar refractivity (Wildman–Crippen MR) is 84.2 cm³/mol. The van der Waals surface area contributed by atoms with Crippen molar-refractivity contribution in [2.24, 2.45) is 0 Å². The fourth-order valence-corrected chi connectivity index (χ4v) is 3.88. The van der Waals surface area contributed by atoms with Crippen LogP contribution in [0.25, 0.3) is 11.6 Å². The standard InChI is InChI=1S/C15H15N5O2S/c21-15-20(13(19-22-15)12-16-6-3-7-17-12)8-11-9-23-14(18-11)10-4-1-2-5-10/h3,6-7,9-10H,1-2,4-5,8H2. The topological polar surface area (TPSA) is 86.7 Å². The minimum Gasteiger partial charge on any atom is -0.295 e. The number of hydrogen-bond donors (Lipinski definition) is 0. The summed E-state index contributed by atoms with van der Waals surface area (Å²) in [6.07, 6.45) is 8.19. The Labute approximate surface area is 136 Å². The van der Waals surface area contributed by atoms with Crippen LogP contribution in [-0.2, 0) is 6.54 Å². The molecule has 3 aromatic rings. The van der Waals surface area contributed by atoms with Crippen LogP contribution < -0.4 is 5.76 Å². The van der Waals surface area contributed by atoms with Crippen LogP contribution in [0.3, 0.4) is 0 Å². The highest BCUT2D eigenvalue weighted by atomic mass is 32.1. The Hall–Kier alpha value is -2.35. The Morgan fingerprint density at radius 2 is 2.04 bits per heavy atom. The SMILES string of the molecule is O=c1onc(-c2ncccn2)n1Cc1csc(C2CCCC2)n1. The lowest BCUT2D eigenvalue weighted by molar-refractivity contribution is 0.378. The number of hydrogen-bond acceptors (Lipinski definition) is 7. The van der Waals surface area contributed by atoms with Crippen LogP contribution in [0.5, 0.6) is 0 Å². The third kappa shape index (κ3) is 2.81. The van der Waals surface area contributed by atoms with E-state index in [1.807, 2.05) is 5.38 Å². The number of thiazole rings is 1. The fourth-order valence-electron chi connectivity index (χ4n) is 2.90. The van der Waals surface area contributed by atoms with Crippen molar-refractivity contribution >= 4 is 11.3 Å². The third-order valence-electron chi connectivity index (χ3n) is 4.05. The first-order valence-corrected chi connectivity index (χ1v) is 8.47. The normalized spacial score (nSPS) is 15.3. The summed E-state index contributed by atoms with van der Waals surface area (Å²) in [6.45, 7) is 0.319. The Balaban J connectivity index is 1.62. The maximum Gasteiger partial charge on any atom is 0.442 e. The van der Waals surface area contributed by atoms with E-state index in [0.717, 1.165) is 5.69 Å². The Morgan fingerprint density at radius 3 is 2.83 bits per heavy atom. The summed E-state index contributed by atoms with van der Waals surface area (Å²) in [4.78, 5) is 24.9. The summed E-state index contributed by atoms with van der Waals surface area (Å²) < 4.78 is 6.20. The lowest BCUT2D eigenvalue weighted by Crippen LogP contribution is -2.17. The van der Waals surface area contributed by atoms with Crippen LogP contribution in [0.4, 0.5) is 0 Å². The van der Waals surface area contributed by atoms with Gasteiger partial charge in [0.25, 0.3) is 0 Å². The van der Waals surface area contributed by atoms with Crippen molar-refractivity contribution in [1.82, 2.24) is 24.7 Å². The molecule has 7 nitrogen and oxygen atoms in total. The van der Waals surface area contributed by atoms with Gasteiger partial charge in [-0.1, -0.05) is 18.0 Å². The van der Waals surface area contributed by atoms with E-state index in [1.54, 1.807) is 29.8 Å². The highest BCUT2D eigenvalue weighted by Crippen LogP contribution is 2.35. The average molecular weight is 329 g/mol. The number of aromatic nitrogens is 5. The first-order chi connectivity index (χ1) is 11.3. The lowest BCUT2D eigenvalue weighted by Gasteiger charge is -2.03. The molecular formula is C15H15N5O2S. The van der Waals surface area contributed by atoms with E-state index in [9.17, 15) is 4.79 Å². The molecule has 23 heavy (non-hydrogen) atoms. The second-order valence-corrected chi connectivity index (χ2v) is 6.48. The molecule has 0 N–H and O–H groups in total. The predicted octanol–water partition coefficient (Wildman–Crippen LogP) is 2.46. The molecule has 0 radical (unpaired) electrons. The molecule has 3 aromatic heterocycles. The molecular weight excluding hydrogens is 314 g/mol. The highest BCUT2D eigenvalue weighted by Gasteiger charge is 2.21. The van der Waals surface area contributed by atoms with Crippen molar-refractivity contribution in [2.45, 2.75) is 38.1 Å². The summed E-state index contributed by atoms with van der Waals surface area (Å²) >= 11 is 1.67. The van der Waals surface area contributed by atoms with E-state index in [1.165, 1.54) is 35.3 Å². The van der Waals surface area contributed by atoms with Gasteiger partial charge < -0.3 is 0 Å². The third-order valence-corrected chi connectivity index (χ3v) is 5.10. The number of nitrogens with zero attached hydrogens (tertiary/aromatic N) is 5. The van der Waals surface area contributed by atoms with Crippen molar-refractivity contribution in [2.75, 3.05) is 0 Å². The van der Waals surface area contributed by atoms with Crippen molar-refractivity contribution in [1.29, 1.82) is 0 Å². The van der Waals surface area contributed by atoms with Gasteiger partial charge in [-0.05, 0) is 18.9 Å². The maximum absolute atomic E-state index is 11.9. The molecule has 4 rings (SSSR count). The quantitative estimate of drug-likeness (QED) is 0.731. The molecule has 0 aromatic carbocycles. The van der Waals surface area contributed by atoms with Crippen molar-refractivity contribution in [3.05, 3.63) is 45.1 Å². The maximum atomic E-state index is 11.9. The molecule has 0 atom stereocenters. The van der Waals surface area contributed by atoms with E-state index in [0.29, 0.717) is 24.1 Å². The molecule has 1 fully saturated rings. The lowest BCUT2D eigenvalue weighted by atomic mass is 10.1. The van der Waals surface area contributed by atoms with Crippen molar-refractivity contribution in [3.63, 3.8) is 0 Å². The summed E-state index contributed by atoms with van der Waals surface area (Å²) in [5.74, 6) is 0.739. The first-order valence-electron chi connectivity index (χ1n) is 7.59. The zero-order chi connectivity index (χ0) is 15.6. The summed E-state index contributed by atoms with van der Waals surface area (Å²) in [5, 5.41) is 6.96. The Kier molecular flexibility index (Phi) is 3.74. The molecule has 1 aliphatic carbocycles. The van der Waals surface area contributed by atoms with Gasteiger partial charge in [0.15, 0.2) is 5.82 Å². The van der Waals surface area contributed by atoms with E-state index in [4.69, 9.17) is 9.51 Å². The number of rotatable bonds is 4. The van der Waals surface area contributed by atoms with Crippen LogP contribution in [0.1, 0.15) is 42.3 Å². The molecule has 1 aliphatic rings. The molecule has 118 valence electrons. The average Bonchev–Trinajstić information content (AvgIpc) is 3.31. The van der Waals surface area contributed by atoms with Gasteiger partial charge in [0.1, 0.15) is 0 Å². The second-order valence-electron chi connectivity index (χ2n) is 5.59.